The standard InChI is InChI=1S/C12H20N4O2S/c1-7(2)14-11-15-9(13)8(19-11)10(17)16-5-4-12(3,18)6-16/h7,18H,4-6,13H2,1-3H3,(H,14,15). The van der Waals surface area contributed by atoms with Crippen molar-refractivity contribution in [3.05, 3.63) is 4.88 Å². The number of nitrogen functional groups attached to an aromatic ring is 1. The van der Waals surface area contributed by atoms with Crippen LogP contribution in [0.4, 0.5) is 10.9 Å². The lowest BCUT2D eigenvalue weighted by Crippen LogP contribution is -2.33. The molecule has 1 saturated heterocycles. The molecule has 0 saturated carbocycles. The number of nitrogens with two attached hydrogens (primary N) is 1. The molecule has 1 amide bonds. The van der Waals surface area contributed by atoms with Gasteiger partial charge in [-0.05, 0) is 27.2 Å². The first-order valence-corrected chi connectivity index (χ1v) is 7.14. The molecule has 6 nitrogen and oxygen atoms in total. The third kappa shape index (κ3) is 3.16. The molecule has 1 aliphatic heterocycles. The Morgan fingerprint density at radius 1 is 1.63 bits per heavy atom. The van der Waals surface area contributed by atoms with Crippen molar-refractivity contribution in [2.75, 3.05) is 24.1 Å². The van der Waals surface area contributed by atoms with Crippen LogP contribution in [0.3, 0.4) is 0 Å². The van der Waals surface area contributed by atoms with E-state index in [9.17, 15) is 9.90 Å². The summed E-state index contributed by atoms with van der Waals surface area (Å²) in [5.41, 5.74) is 5.01. The Bertz CT molecular complexity index is 484. The summed E-state index contributed by atoms with van der Waals surface area (Å²) in [6.45, 7) is 6.63. The first-order chi connectivity index (χ1) is 8.78. The molecular weight excluding hydrogens is 264 g/mol. The Balaban J connectivity index is 2.13. The summed E-state index contributed by atoms with van der Waals surface area (Å²) < 4.78 is 0. The topological polar surface area (TPSA) is 91.5 Å². The van der Waals surface area contributed by atoms with Gasteiger partial charge in [-0.2, -0.15) is 0 Å². The Kier molecular flexibility index (Phi) is 3.69. The van der Waals surface area contributed by atoms with E-state index in [2.05, 4.69) is 10.3 Å². The monoisotopic (exact) mass is 284 g/mol. The second kappa shape index (κ2) is 4.97. The van der Waals surface area contributed by atoms with E-state index in [4.69, 9.17) is 5.73 Å². The van der Waals surface area contributed by atoms with Crippen LogP contribution in [0.15, 0.2) is 0 Å². The molecule has 2 heterocycles. The highest BCUT2D eigenvalue weighted by atomic mass is 32.1. The van der Waals surface area contributed by atoms with Crippen LogP contribution in [0, 0.1) is 0 Å². The number of carbonyl (C=O) groups is 1. The summed E-state index contributed by atoms with van der Waals surface area (Å²) in [6.07, 6.45) is 0.592. The van der Waals surface area contributed by atoms with E-state index in [1.54, 1.807) is 11.8 Å². The minimum atomic E-state index is -0.797. The molecule has 0 bridgehead atoms. The van der Waals surface area contributed by atoms with Crippen molar-refractivity contribution >= 4 is 28.2 Å². The van der Waals surface area contributed by atoms with Crippen LogP contribution in [0.5, 0.6) is 0 Å². The van der Waals surface area contributed by atoms with Crippen LogP contribution in [0.2, 0.25) is 0 Å². The highest BCUT2D eigenvalue weighted by Gasteiger charge is 2.35. The number of aliphatic hydroxyl groups is 1. The lowest BCUT2D eigenvalue weighted by molar-refractivity contribution is 0.0575. The van der Waals surface area contributed by atoms with Gasteiger partial charge in [0.25, 0.3) is 5.91 Å². The molecule has 1 fully saturated rings. The van der Waals surface area contributed by atoms with Crippen molar-refractivity contribution in [2.45, 2.75) is 38.8 Å². The zero-order chi connectivity index (χ0) is 14.2. The van der Waals surface area contributed by atoms with Gasteiger partial charge in [-0.1, -0.05) is 11.3 Å². The van der Waals surface area contributed by atoms with E-state index in [0.717, 1.165) is 0 Å². The van der Waals surface area contributed by atoms with Crippen molar-refractivity contribution in [2.24, 2.45) is 0 Å². The first-order valence-electron chi connectivity index (χ1n) is 6.33. The largest absolute Gasteiger partial charge is 0.388 e. The summed E-state index contributed by atoms with van der Waals surface area (Å²) in [7, 11) is 0. The normalized spacial score (nSPS) is 23.1. The van der Waals surface area contributed by atoms with Gasteiger partial charge in [-0.15, -0.1) is 0 Å². The van der Waals surface area contributed by atoms with E-state index in [1.165, 1.54) is 11.3 Å². The number of aromatic nitrogens is 1. The van der Waals surface area contributed by atoms with Crippen LogP contribution in [0.25, 0.3) is 0 Å². The molecule has 7 heteroatoms. The molecule has 1 aliphatic rings. The molecule has 4 N–H and O–H groups in total. The number of thiazole rings is 1. The Morgan fingerprint density at radius 3 is 2.84 bits per heavy atom. The molecular formula is C12H20N4O2S. The van der Waals surface area contributed by atoms with Crippen LogP contribution >= 0.6 is 11.3 Å². The third-order valence-corrected chi connectivity index (χ3v) is 3.99. The summed E-state index contributed by atoms with van der Waals surface area (Å²) in [4.78, 5) is 18.6. The van der Waals surface area contributed by atoms with Crippen molar-refractivity contribution < 1.29 is 9.90 Å². The van der Waals surface area contributed by atoms with Crippen molar-refractivity contribution in [1.82, 2.24) is 9.88 Å². The van der Waals surface area contributed by atoms with Crippen molar-refractivity contribution in [3.8, 4) is 0 Å². The Hall–Kier alpha value is -1.34. The highest BCUT2D eigenvalue weighted by molar-refractivity contribution is 7.18. The van der Waals surface area contributed by atoms with Gasteiger partial charge in [-0.3, -0.25) is 4.79 Å². The number of amides is 1. The Labute approximate surface area is 116 Å². The highest BCUT2D eigenvalue weighted by Crippen LogP contribution is 2.29. The maximum Gasteiger partial charge on any atom is 0.267 e. The van der Waals surface area contributed by atoms with Gasteiger partial charge in [0.15, 0.2) is 5.13 Å². The number of nitrogens with zero attached hydrogens (tertiary/aromatic N) is 2. The Morgan fingerprint density at radius 2 is 2.32 bits per heavy atom. The molecule has 2 rings (SSSR count). The SMILES string of the molecule is CC(C)Nc1nc(N)c(C(=O)N2CCC(C)(O)C2)s1. The fourth-order valence-corrected chi connectivity index (χ4v) is 3.05. The van der Waals surface area contributed by atoms with Gasteiger partial charge in [0.1, 0.15) is 10.7 Å². The quantitative estimate of drug-likeness (QED) is 0.774. The van der Waals surface area contributed by atoms with E-state index in [-0.39, 0.29) is 17.8 Å². The third-order valence-electron chi connectivity index (χ3n) is 3.00. The maximum atomic E-state index is 12.3. The number of anilines is 2. The van der Waals surface area contributed by atoms with Crippen molar-refractivity contribution in [1.29, 1.82) is 0 Å². The molecule has 0 aliphatic carbocycles. The van der Waals surface area contributed by atoms with Crippen LogP contribution in [0.1, 0.15) is 36.9 Å². The van der Waals surface area contributed by atoms with E-state index in [0.29, 0.717) is 29.5 Å². The zero-order valence-electron chi connectivity index (χ0n) is 11.4. The minimum Gasteiger partial charge on any atom is -0.388 e. The number of hydrogen-bond donors (Lipinski definition) is 3. The van der Waals surface area contributed by atoms with Gasteiger partial charge >= 0.3 is 0 Å². The smallest absolute Gasteiger partial charge is 0.267 e. The number of rotatable bonds is 3. The summed E-state index contributed by atoms with van der Waals surface area (Å²) >= 11 is 1.26. The number of likely N-dealkylation sites (tertiary alicyclic amines) is 1. The van der Waals surface area contributed by atoms with Crippen molar-refractivity contribution in [3.63, 3.8) is 0 Å². The predicted molar refractivity (Wildman–Crippen MR) is 76.4 cm³/mol. The molecule has 1 aromatic rings. The molecule has 1 aromatic heterocycles. The molecule has 1 unspecified atom stereocenters. The molecule has 0 spiro atoms. The lowest BCUT2D eigenvalue weighted by atomic mass is 10.1. The summed E-state index contributed by atoms with van der Waals surface area (Å²) in [6, 6.07) is 0.237. The maximum absolute atomic E-state index is 12.3. The molecule has 0 radical (unpaired) electrons. The fourth-order valence-electron chi connectivity index (χ4n) is 2.06. The van der Waals surface area contributed by atoms with Crippen LogP contribution in [-0.4, -0.2) is 45.6 Å². The number of β-amino-alcohol motifs (C(OH)–C–C–N with tert-alkyl or cyclic N) is 1. The number of nitrogens with one attached hydrogen (secondary N) is 1. The number of carbonyl (C=O) groups excluding carboxylic acids is 1. The first kappa shape index (κ1) is 14.1. The van der Waals surface area contributed by atoms with Gasteiger partial charge in [0.2, 0.25) is 0 Å². The average Bonchev–Trinajstić information content (AvgIpc) is 2.80. The van der Waals surface area contributed by atoms with E-state index >= 15 is 0 Å². The number of hydrogen-bond acceptors (Lipinski definition) is 6. The molecule has 0 aromatic carbocycles. The average molecular weight is 284 g/mol. The molecule has 19 heavy (non-hydrogen) atoms. The van der Waals surface area contributed by atoms with Gasteiger partial charge in [0.05, 0.1) is 5.60 Å². The van der Waals surface area contributed by atoms with Gasteiger partial charge < -0.3 is 21.1 Å². The summed E-state index contributed by atoms with van der Waals surface area (Å²) in [5.74, 6) is 0.106. The van der Waals surface area contributed by atoms with Gasteiger partial charge in [-0.25, -0.2) is 4.98 Å². The fraction of sp³-hybridized carbons (Fsp3) is 0.667. The van der Waals surface area contributed by atoms with E-state index in [1.807, 2.05) is 13.8 Å². The van der Waals surface area contributed by atoms with Crippen LogP contribution in [-0.2, 0) is 0 Å². The zero-order valence-corrected chi connectivity index (χ0v) is 12.3. The van der Waals surface area contributed by atoms with E-state index < -0.39 is 5.60 Å². The second-order valence-electron chi connectivity index (χ2n) is 5.51. The van der Waals surface area contributed by atoms with Gasteiger partial charge in [0, 0.05) is 19.1 Å². The molecule has 106 valence electrons. The lowest BCUT2D eigenvalue weighted by Gasteiger charge is -2.18. The second-order valence-corrected chi connectivity index (χ2v) is 6.51. The minimum absolute atomic E-state index is 0.149. The predicted octanol–water partition coefficient (Wildman–Crippen LogP) is 1.14. The summed E-state index contributed by atoms with van der Waals surface area (Å²) in [5, 5.41) is 13.7. The molecule has 1 atom stereocenters. The van der Waals surface area contributed by atoms with Crippen LogP contribution < -0.4 is 11.1 Å².